The van der Waals surface area contributed by atoms with Crippen LogP contribution < -0.4 is 10.1 Å². The van der Waals surface area contributed by atoms with Gasteiger partial charge in [0, 0.05) is 27.9 Å². The van der Waals surface area contributed by atoms with Crippen LogP contribution in [0.15, 0.2) is 46.9 Å². The van der Waals surface area contributed by atoms with Gasteiger partial charge in [-0.3, -0.25) is 4.79 Å². The summed E-state index contributed by atoms with van der Waals surface area (Å²) in [6.07, 6.45) is 0. The second-order valence-electron chi connectivity index (χ2n) is 4.86. The largest absolute Gasteiger partial charge is 0.494 e. The van der Waals surface area contributed by atoms with Gasteiger partial charge in [-0.05, 0) is 50.2 Å². The van der Waals surface area contributed by atoms with Gasteiger partial charge in [-0.1, -0.05) is 22.0 Å². The molecule has 0 atom stereocenters. The molecular formula is C18H20BrNO3. The van der Waals surface area contributed by atoms with Gasteiger partial charge in [-0.15, -0.1) is 0 Å². The molecule has 1 N–H and O–H groups in total. The highest BCUT2D eigenvalue weighted by atomic mass is 79.9. The van der Waals surface area contributed by atoms with Gasteiger partial charge >= 0.3 is 0 Å². The maximum Gasteiger partial charge on any atom is 0.255 e. The highest BCUT2D eigenvalue weighted by Gasteiger charge is 2.11. The standard InChI is InChI=1S/C18H20BrNO3/c1-3-22-12-14-10-13(8-9-17(14)23-4-2)18(21)20-16-7-5-6-15(19)11-16/h5-11H,3-4,12H2,1-2H3,(H,20,21). The Morgan fingerprint density at radius 2 is 1.96 bits per heavy atom. The Morgan fingerprint density at radius 3 is 2.65 bits per heavy atom. The van der Waals surface area contributed by atoms with Gasteiger partial charge < -0.3 is 14.8 Å². The first kappa shape index (κ1) is 17.5. The highest BCUT2D eigenvalue weighted by molar-refractivity contribution is 9.10. The van der Waals surface area contributed by atoms with Gasteiger partial charge in [0.05, 0.1) is 13.2 Å². The zero-order valence-electron chi connectivity index (χ0n) is 13.3. The molecule has 0 heterocycles. The summed E-state index contributed by atoms with van der Waals surface area (Å²) in [5.41, 5.74) is 2.18. The van der Waals surface area contributed by atoms with Crippen molar-refractivity contribution >= 4 is 27.5 Å². The number of nitrogens with one attached hydrogen (secondary N) is 1. The summed E-state index contributed by atoms with van der Waals surface area (Å²) >= 11 is 3.39. The number of hydrogen-bond acceptors (Lipinski definition) is 3. The van der Waals surface area contributed by atoms with Gasteiger partial charge in [-0.25, -0.2) is 0 Å². The Balaban J connectivity index is 2.19. The number of amides is 1. The van der Waals surface area contributed by atoms with Crippen LogP contribution in [0.2, 0.25) is 0 Å². The molecule has 0 aliphatic heterocycles. The van der Waals surface area contributed by atoms with E-state index in [0.717, 1.165) is 21.5 Å². The third-order valence-electron chi connectivity index (χ3n) is 3.17. The monoisotopic (exact) mass is 377 g/mol. The molecule has 23 heavy (non-hydrogen) atoms. The molecule has 0 bridgehead atoms. The molecule has 2 rings (SSSR count). The maximum atomic E-state index is 12.4. The minimum atomic E-state index is -0.163. The van der Waals surface area contributed by atoms with Gasteiger partial charge in [0.15, 0.2) is 0 Å². The predicted molar refractivity (Wildman–Crippen MR) is 95.0 cm³/mol. The number of ether oxygens (including phenoxy) is 2. The molecule has 0 aromatic heterocycles. The van der Waals surface area contributed by atoms with E-state index in [1.807, 2.05) is 50.2 Å². The Kier molecular flexibility index (Phi) is 6.62. The fraction of sp³-hybridized carbons (Fsp3) is 0.278. The van der Waals surface area contributed by atoms with E-state index >= 15 is 0 Å². The van der Waals surface area contributed by atoms with Crippen LogP contribution in [-0.4, -0.2) is 19.1 Å². The number of hydrogen-bond donors (Lipinski definition) is 1. The summed E-state index contributed by atoms with van der Waals surface area (Å²) < 4.78 is 12.0. The fourth-order valence-electron chi connectivity index (χ4n) is 2.11. The minimum Gasteiger partial charge on any atom is -0.494 e. The molecule has 0 unspecified atom stereocenters. The van der Waals surface area contributed by atoms with Crippen LogP contribution >= 0.6 is 15.9 Å². The van der Waals surface area contributed by atoms with E-state index < -0.39 is 0 Å². The number of halogens is 1. The van der Waals surface area contributed by atoms with Crippen LogP contribution in [0.5, 0.6) is 5.75 Å². The number of anilines is 1. The maximum absolute atomic E-state index is 12.4. The third kappa shape index (κ3) is 5.08. The summed E-state index contributed by atoms with van der Waals surface area (Å²) in [6.45, 7) is 5.47. The molecule has 4 nitrogen and oxygen atoms in total. The Morgan fingerprint density at radius 1 is 1.13 bits per heavy atom. The predicted octanol–water partition coefficient (Wildman–Crippen LogP) is 4.64. The Hall–Kier alpha value is -1.85. The van der Waals surface area contributed by atoms with Crippen LogP contribution in [0, 0.1) is 0 Å². The van der Waals surface area contributed by atoms with Gasteiger partial charge in [0.2, 0.25) is 0 Å². The SMILES string of the molecule is CCOCc1cc(C(=O)Nc2cccc(Br)c2)ccc1OCC. The molecule has 1 amide bonds. The average Bonchev–Trinajstić information content (AvgIpc) is 2.54. The van der Waals surface area contributed by atoms with Crippen molar-refractivity contribution in [1.82, 2.24) is 0 Å². The van der Waals surface area contributed by atoms with Crippen molar-refractivity contribution in [3.8, 4) is 5.75 Å². The summed E-state index contributed by atoms with van der Waals surface area (Å²) in [4.78, 5) is 12.4. The molecular weight excluding hydrogens is 358 g/mol. The van der Waals surface area contributed by atoms with Crippen molar-refractivity contribution in [2.24, 2.45) is 0 Å². The van der Waals surface area contributed by atoms with Crippen LogP contribution in [0.3, 0.4) is 0 Å². The number of carbonyl (C=O) groups is 1. The van der Waals surface area contributed by atoms with E-state index in [4.69, 9.17) is 9.47 Å². The zero-order valence-corrected chi connectivity index (χ0v) is 14.9. The first-order valence-corrected chi connectivity index (χ1v) is 8.33. The van der Waals surface area contributed by atoms with E-state index in [1.54, 1.807) is 6.07 Å². The molecule has 122 valence electrons. The first-order valence-electron chi connectivity index (χ1n) is 7.54. The van der Waals surface area contributed by atoms with Gasteiger partial charge in [-0.2, -0.15) is 0 Å². The van der Waals surface area contributed by atoms with E-state index in [2.05, 4.69) is 21.2 Å². The topological polar surface area (TPSA) is 47.6 Å². The van der Waals surface area contributed by atoms with Crippen LogP contribution in [-0.2, 0) is 11.3 Å². The molecule has 0 saturated carbocycles. The Labute approximate surface area is 144 Å². The molecule has 5 heteroatoms. The summed E-state index contributed by atoms with van der Waals surface area (Å²) in [5, 5.41) is 2.88. The molecule has 0 aliphatic carbocycles. The lowest BCUT2D eigenvalue weighted by Gasteiger charge is -2.12. The van der Waals surface area contributed by atoms with E-state index in [0.29, 0.717) is 25.4 Å². The fourth-order valence-corrected chi connectivity index (χ4v) is 2.51. The second kappa shape index (κ2) is 8.70. The van der Waals surface area contributed by atoms with Crippen molar-refractivity contribution in [1.29, 1.82) is 0 Å². The second-order valence-corrected chi connectivity index (χ2v) is 5.77. The smallest absolute Gasteiger partial charge is 0.255 e. The molecule has 0 radical (unpaired) electrons. The lowest BCUT2D eigenvalue weighted by molar-refractivity contribution is 0.102. The number of carbonyl (C=O) groups excluding carboxylic acids is 1. The van der Waals surface area contributed by atoms with E-state index in [1.165, 1.54) is 0 Å². The number of benzene rings is 2. The average molecular weight is 378 g/mol. The van der Waals surface area contributed by atoms with Crippen LogP contribution in [0.25, 0.3) is 0 Å². The minimum absolute atomic E-state index is 0.163. The lowest BCUT2D eigenvalue weighted by atomic mass is 10.1. The highest BCUT2D eigenvalue weighted by Crippen LogP contribution is 2.23. The van der Waals surface area contributed by atoms with E-state index in [-0.39, 0.29) is 5.91 Å². The molecule has 0 aliphatic rings. The summed E-state index contributed by atoms with van der Waals surface area (Å²) in [7, 11) is 0. The molecule has 0 fully saturated rings. The zero-order chi connectivity index (χ0) is 16.7. The summed E-state index contributed by atoms with van der Waals surface area (Å²) in [5.74, 6) is 0.587. The van der Waals surface area contributed by atoms with Crippen molar-refractivity contribution in [2.45, 2.75) is 20.5 Å². The third-order valence-corrected chi connectivity index (χ3v) is 3.66. The Bertz CT molecular complexity index is 673. The number of rotatable bonds is 7. The lowest BCUT2D eigenvalue weighted by Crippen LogP contribution is -2.12. The summed E-state index contributed by atoms with van der Waals surface area (Å²) in [6, 6.07) is 12.9. The first-order chi connectivity index (χ1) is 11.1. The van der Waals surface area contributed by atoms with Crippen molar-refractivity contribution < 1.29 is 14.3 Å². The van der Waals surface area contributed by atoms with E-state index in [9.17, 15) is 4.79 Å². The molecule has 0 saturated heterocycles. The van der Waals surface area contributed by atoms with Gasteiger partial charge in [0.25, 0.3) is 5.91 Å². The normalized spacial score (nSPS) is 10.4. The molecule has 2 aromatic rings. The molecule has 0 spiro atoms. The van der Waals surface area contributed by atoms with Crippen molar-refractivity contribution in [2.75, 3.05) is 18.5 Å². The van der Waals surface area contributed by atoms with Crippen molar-refractivity contribution in [3.63, 3.8) is 0 Å². The van der Waals surface area contributed by atoms with Crippen molar-refractivity contribution in [3.05, 3.63) is 58.1 Å². The van der Waals surface area contributed by atoms with Crippen LogP contribution in [0.1, 0.15) is 29.8 Å². The molecule has 2 aromatic carbocycles. The quantitative estimate of drug-likeness (QED) is 0.764. The van der Waals surface area contributed by atoms with Crippen LogP contribution in [0.4, 0.5) is 5.69 Å². The van der Waals surface area contributed by atoms with Gasteiger partial charge in [0.1, 0.15) is 5.75 Å².